The highest BCUT2D eigenvalue weighted by Crippen LogP contribution is 2.25. The first-order valence-electron chi connectivity index (χ1n) is 6.59. The molecule has 1 fully saturated rings. The molecule has 0 aromatic heterocycles. The third kappa shape index (κ3) is 4.47. The first kappa shape index (κ1) is 15.9. The number of nitrogens with zero attached hydrogens (tertiary/aromatic N) is 1. The van der Waals surface area contributed by atoms with E-state index in [1.807, 2.05) is 20.8 Å². The maximum atomic E-state index is 12.2. The molecule has 0 radical (unpaired) electrons. The van der Waals surface area contributed by atoms with Gasteiger partial charge < -0.3 is 9.64 Å². The number of ether oxygens (including phenoxy) is 1. The van der Waals surface area contributed by atoms with Crippen LogP contribution in [0.4, 0.5) is 0 Å². The second kappa shape index (κ2) is 6.86. The highest BCUT2D eigenvalue weighted by atomic mass is 16.7. The van der Waals surface area contributed by atoms with Crippen molar-refractivity contribution >= 4 is 11.8 Å². The maximum absolute atomic E-state index is 12.2. The lowest BCUT2D eigenvalue weighted by Crippen LogP contribution is -2.49. The molecule has 1 saturated heterocycles. The zero-order valence-corrected chi connectivity index (χ0v) is 12.2. The average molecular weight is 272 g/mol. The van der Waals surface area contributed by atoms with Gasteiger partial charge in [-0.1, -0.05) is 20.8 Å². The van der Waals surface area contributed by atoms with Crippen LogP contribution < -0.4 is 5.48 Å². The van der Waals surface area contributed by atoms with Crippen molar-refractivity contribution in [2.45, 2.75) is 39.7 Å². The van der Waals surface area contributed by atoms with Gasteiger partial charge in [-0.25, -0.2) is 5.48 Å². The lowest BCUT2D eigenvalue weighted by Gasteiger charge is -2.30. The van der Waals surface area contributed by atoms with Crippen molar-refractivity contribution in [1.29, 1.82) is 0 Å². The van der Waals surface area contributed by atoms with Gasteiger partial charge in [0.1, 0.15) is 6.04 Å². The van der Waals surface area contributed by atoms with Gasteiger partial charge in [0.15, 0.2) is 0 Å². The molecule has 0 spiro atoms. The number of likely N-dealkylation sites (tertiary alicyclic amines) is 1. The molecule has 19 heavy (non-hydrogen) atoms. The Hall–Kier alpha value is -1.14. The molecule has 1 atom stereocenters. The minimum atomic E-state index is -0.472. The van der Waals surface area contributed by atoms with Gasteiger partial charge in [0.25, 0.3) is 5.91 Å². The molecule has 1 aliphatic heterocycles. The van der Waals surface area contributed by atoms with Crippen molar-refractivity contribution in [2.24, 2.45) is 5.41 Å². The topological polar surface area (TPSA) is 67.9 Å². The SMILES string of the molecule is COCCONC(=O)C1CCCN1C(=O)C(C)(C)C. The van der Waals surface area contributed by atoms with Crippen LogP contribution in [0.5, 0.6) is 0 Å². The molecule has 2 amide bonds. The van der Waals surface area contributed by atoms with Gasteiger partial charge in [-0.05, 0) is 12.8 Å². The third-order valence-electron chi connectivity index (χ3n) is 3.02. The number of carbonyl (C=O) groups is 2. The third-order valence-corrected chi connectivity index (χ3v) is 3.02. The fourth-order valence-corrected chi connectivity index (χ4v) is 2.03. The molecule has 0 aromatic rings. The monoisotopic (exact) mass is 272 g/mol. The van der Waals surface area contributed by atoms with E-state index in [9.17, 15) is 9.59 Å². The summed E-state index contributed by atoms with van der Waals surface area (Å²) in [5, 5.41) is 0. The lowest BCUT2D eigenvalue weighted by atomic mass is 9.94. The van der Waals surface area contributed by atoms with Crippen LogP contribution in [-0.2, 0) is 19.2 Å². The average Bonchev–Trinajstić information content (AvgIpc) is 2.81. The van der Waals surface area contributed by atoms with E-state index in [0.29, 0.717) is 26.2 Å². The van der Waals surface area contributed by atoms with E-state index in [4.69, 9.17) is 9.57 Å². The number of hydrogen-bond donors (Lipinski definition) is 1. The highest BCUT2D eigenvalue weighted by molar-refractivity contribution is 5.89. The summed E-state index contributed by atoms with van der Waals surface area (Å²) in [4.78, 5) is 30.9. The van der Waals surface area contributed by atoms with Crippen molar-refractivity contribution in [2.75, 3.05) is 26.9 Å². The summed E-state index contributed by atoms with van der Waals surface area (Å²) >= 11 is 0. The summed E-state index contributed by atoms with van der Waals surface area (Å²) in [5.74, 6) is -0.256. The van der Waals surface area contributed by atoms with E-state index >= 15 is 0 Å². The zero-order valence-electron chi connectivity index (χ0n) is 12.2. The van der Waals surface area contributed by atoms with Crippen molar-refractivity contribution in [1.82, 2.24) is 10.4 Å². The van der Waals surface area contributed by atoms with E-state index < -0.39 is 11.5 Å². The number of rotatable bonds is 5. The van der Waals surface area contributed by atoms with Crippen molar-refractivity contribution < 1.29 is 19.2 Å². The van der Waals surface area contributed by atoms with Crippen LogP contribution >= 0.6 is 0 Å². The predicted molar refractivity (Wildman–Crippen MR) is 70.2 cm³/mol. The lowest BCUT2D eigenvalue weighted by molar-refractivity contribution is -0.149. The number of methoxy groups -OCH3 is 1. The molecule has 0 saturated carbocycles. The van der Waals surface area contributed by atoms with Crippen LogP contribution in [-0.4, -0.2) is 49.6 Å². The van der Waals surface area contributed by atoms with Crippen LogP contribution in [0.2, 0.25) is 0 Å². The van der Waals surface area contributed by atoms with Gasteiger partial charge in [0.2, 0.25) is 5.91 Å². The van der Waals surface area contributed by atoms with Crippen molar-refractivity contribution in [3.63, 3.8) is 0 Å². The van der Waals surface area contributed by atoms with Crippen molar-refractivity contribution in [3.8, 4) is 0 Å². The zero-order chi connectivity index (χ0) is 14.5. The van der Waals surface area contributed by atoms with Crippen molar-refractivity contribution in [3.05, 3.63) is 0 Å². The fourth-order valence-electron chi connectivity index (χ4n) is 2.03. The maximum Gasteiger partial charge on any atom is 0.266 e. The number of carbonyl (C=O) groups excluding carboxylic acids is 2. The molecule has 1 aliphatic rings. The molecule has 1 rings (SSSR count). The van der Waals surface area contributed by atoms with Gasteiger partial charge in [-0.3, -0.25) is 14.4 Å². The van der Waals surface area contributed by atoms with Crippen LogP contribution in [0.15, 0.2) is 0 Å². The number of amides is 2. The minimum absolute atomic E-state index is 0.00189. The minimum Gasteiger partial charge on any atom is -0.382 e. The Bertz CT molecular complexity index is 325. The summed E-state index contributed by atoms with van der Waals surface area (Å²) < 4.78 is 4.81. The summed E-state index contributed by atoms with van der Waals surface area (Å²) in [7, 11) is 1.56. The predicted octanol–water partition coefficient (Wildman–Crippen LogP) is 0.718. The van der Waals surface area contributed by atoms with Gasteiger partial charge in [0, 0.05) is 19.1 Å². The first-order valence-corrected chi connectivity index (χ1v) is 6.59. The summed E-state index contributed by atoms with van der Waals surface area (Å²) in [6.45, 7) is 6.91. The Labute approximate surface area is 114 Å². The fraction of sp³-hybridized carbons (Fsp3) is 0.846. The van der Waals surface area contributed by atoms with Crippen LogP contribution in [0, 0.1) is 5.41 Å². The Morgan fingerprint density at radius 3 is 2.58 bits per heavy atom. The largest absolute Gasteiger partial charge is 0.382 e. The van der Waals surface area contributed by atoms with Crippen LogP contribution in [0.25, 0.3) is 0 Å². The molecule has 110 valence electrons. The number of nitrogens with one attached hydrogen (secondary N) is 1. The summed E-state index contributed by atoms with van der Waals surface area (Å²) in [6, 6.07) is -0.422. The molecule has 1 N–H and O–H groups in total. The van der Waals surface area contributed by atoms with Gasteiger partial charge in [0.05, 0.1) is 13.2 Å². The standard InChI is InChI=1S/C13H24N2O4/c1-13(2,3)12(17)15-7-5-6-10(15)11(16)14-19-9-8-18-4/h10H,5-9H2,1-4H3,(H,14,16). The smallest absolute Gasteiger partial charge is 0.266 e. The quantitative estimate of drug-likeness (QED) is 0.591. The Morgan fingerprint density at radius 2 is 2.00 bits per heavy atom. The number of hydrogen-bond acceptors (Lipinski definition) is 4. The highest BCUT2D eigenvalue weighted by Gasteiger charge is 2.38. The molecule has 6 nitrogen and oxygen atoms in total. The van der Waals surface area contributed by atoms with Gasteiger partial charge in [-0.15, -0.1) is 0 Å². The molecule has 6 heteroatoms. The Morgan fingerprint density at radius 1 is 1.32 bits per heavy atom. The normalized spacial score (nSPS) is 19.6. The molecule has 0 aliphatic carbocycles. The number of hydroxylamine groups is 1. The van der Waals surface area contributed by atoms with E-state index in [0.717, 1.165) is 6.42 Å². The Balaban J connectivity index is 2.51. The molecule has 0 bridgehead atoms. The summed E-state index contributed by atoms with van der Waals surface area (Å²) in [5.41, 5.74) is 1.91. The van der Waals surface area contributed by atoms with Crippen LogP contribution in [0.1, 0.15) is 33.6 Å². The van der Waals surface area contributed by atoms with E-state index in [1.165, 1.54) is 0 Å². The van der Waals surface area contributed by atoms with E-state index in [2.05, 4.69) is 5.48 Å². The molecular formula is C13H24N2O4. The van der Waals surface area contributed by atoms with E-state index in [1.54, 1.807) is 12.0 Å². The molecule has 1 heterocycles. The molecule has 1 unspecified atom stereocenters. The van der Waals surface area contributed by atoms with E-state index in [-0.39, 0.29) is 11.8 Å². The summed E-state index contributed by atoms with van der Waals surface area (Å²) in [6.07, 6.45) is 1.53. The van der Waals surface area contributed by atoms with Crippen LogP contribution in [0.3, 0.4) is 0 Å². The molecular weight excluding hydrogens is 248 g/mol. The molecule has 0 aromatic carbocycles. The Kier molecular flexibility index (Phi) is 5.75. The first-order chi connectivity index (χ1) is 8.88. The second-order valence-electron chi connectivity index (χ2n) is 5.71. The second-order valence-corrected chi connectivity index (χ2v) is 5.71. The van der Waals surface area contributed by atoms with Gasteiger partial charge >= 0.3 is 0 Å². The van der Waals surface area contributed by atoms with Gasteiger partial charge in [-0.2, -0.15) is 0 Å².